The van der Waals surface area contributed by atoms with Crippen LogP contribution in [0, 0.1) is 0 Å². The average Bonchev–Trinajstić information content (AvgIpc) is 2.73. The lowest BCUT2D eigenvalue weighted by Crippen LogP contribution is -2.51. The second-order valence-electron chi connectivity index (χ2n) is 6.73. The van der Waals surface area contributed by atoms with Crippen LogP contribution in [0.25, 0.3) is 0 Å². The molecule has 0 radical (unpaired) electrons. The summed E-state index contributed by atoms with van der Waals surface area (Å²) in [5.41, 5.74) is 1.77. The lowest BCUT2D eigenvalue weighted by Gasteiger charge is -2.34. The van der Waals surface area contributed by atoms with Crippen LogP contribution in [0.4, 0.5) is 4.79 Å². The van der Waals surface area contributed by atoms with Crippen molar-refractivity contribution in [3.8, 4) is 11.5 Å². The third-order valence-corrected chi connectivity index (χ3v) is 4.93. The van der Waals surface area contributed by atoms with Crippen LogP contribution >= 0.6 is 0 Å². The summed E-state index contributed by atoms with van der Waals surface area (Å²) in [5.74, 6) is 1.41. The number of aryl methyl sites for hydroxylation is 1. The molecular weight excluding hydrogens is 344 g/mol. The normalized spacial score (nSPS) is 16.3. The summed E-state index contributed by atoms with van der Waals surface area (Å²) in [5, 5.41) is 0. The van der Waals surface area contributed by atoms with Gasteiger partial charge < -0.3 is 19.3 Å². The first kappa shape index (κ1) is 17.4. The number of hydrogen-bond donors (Lipinski definition) is 0. The predicted octanol–water partition coefficient (Wildman–Crippen LogP) is 2.97. The van der Waals surface area contributed by atoms with Crippen molar-refractivity contribution in [1.82, 2.24) is 9.80 Å². The van der Waals surface area contributed by atoms with Crippen LogP contribution in [-0.4, -0.2) is 54.6 Å². The van der Waals surface area contributed by atoms with Gasteiger partial charge in [0.2, 0.25) is 0 Å². The van der Waals surface area contributed by atoms with E-state index in [4.69, 9.17) is 9.47 Å². The molecule has 1 fully saturated rings. The van der Waals surface area contributed by atoms with Gasteiger partial charge in [0.1, 0.15) is 11.5 Å². The average molecular weight is 366 g/mol. The molecule has 0 unspecified atom stereocenters. The molecule has 27 heavy (non-hydrogen) atoms. The Hall–Kier alpha value is -3.02. The molecule has 2 aromatic carbocycles. The Morgan fingerprint density at radius 2 is 1.67 bits per heavy atom. The van der Waals surface area contributed by atoms with E-state index in [0.29, 0.717) is 37.5 Å². The minimum absolute atomic E-state index is 0.000509. The predicted molar refractivity (Wildman–Crippen MR) is 100 cm³/mol. The topological polar surface area (TPSA) is 59.1 Å². The number of ether oxygens (including phenoxy) is 2. The Labute approximate surface area is 158 Å². The molecule has 0 aliphatic carbocycles. The Balaban J connectivity index is 1.35. The first-order valence-corrected chi connectivity index (χ1v) is 9.27. The second-order valence-corrected chi connectivity index (χ2v) is 6.73. The highest BCUT2D eigenvalue weighted by Gasteiger charge is 2.26. The van der Waals surface area contributed by atoms with E-state index in [-0.39, 0.29) is 12.0 Å². The smallest absolute Gasteiger partial charge is 0.415 e. The summed E-state index contributed by atoms with van der Waals surface area (Å²) in [6.07, 6.45) is 1.54. The maximum absolute atomic E-state index is 12.8. The molecule has 2 heterocycles. The molecule has 4 rings (SSSR count). The number of rotatable bonds is 2. The van der Waals surface area contributed by atoms with E-state index in [0.717, 1.165) is 30.8 Å². The zero-order valence-corrected chi connectivity index (χ0v) is 15.1. The number of para-hydroxylation sites is 1. The number of carbonyl (C=O) groups excluding carboxylic acids is 2. The number of hydrogen-bond acceptors (Lipinski definition) is 4. The molecule has 0 aromatic heterocycles. The van der Waals surface area contributed by atoms with Gasteiger partial charge in [0, 0.05) is 31.7 Å². The van der Waals surface area contributed by atoms with Crippen LogP contribution in [0.15, 0.2) is 48.5 Å². The van der Waals surface area contributed by atoms with Gasteiger partial charge in [0.15, 0.2) is 0 Å². The molecule has 140 valence electrons. The van der Waals surface area contributed by atoms with Crippen LogP contribution in [0.5, 0.6) is 11.5 Å². The summed E-state index contributed by atoms with van der Waals surface area (Å²) in [7, 11) is 0. The van der Waals surface area contributed by atoms with Gasteiger partial charge in [-0.25, -0.2) is 4.79 Å². The van der Waals surface area contributed by atoms with Crippen molar-refractivity contribution in [2.75, 3.05) is 32.8 Å². The molecule has 6 heteroatoms. The van der Waals surface area contributed by atoms with Gasteiger partial charge in [-0.3, -0.25) is 4.79 Å². The van der Waals surface area contributed by atoms with Gasteiger partial charge in [-0.1, -0.05) is 18.2 Å². The van der Waals surface area contributed by atoms with Crippen LogP contribution < -0.4 is 9.47 Å². The van der Waals surface area contributed by atoms with E-state index >= 15 is 0 Å². The minimum Gasteiger partial charge on any atom is -0.493 e. The molecular formula is C21H22N2O4. The molecule has 2 aromatic rings. The van der Waals surface area contributed by atoms with Crippen molar-refractivity contribution in [2.45, 2.75) is 12.8 Å². The standard InChI is InChI=1S/C21H22N2O4/c24-20(17-8-9-19-16(15-17)5-4-14-26-19)22-10-12-23(13-11-22)21(25)27-18-6-2-1-3-7-18/h1-3,6-9,15H,4-5,10-14H2. The quantitative estimate of drug-likeness (QED) is 0.820. The van der Waals surface area contributed by atoms with Gasteiger partial charge in [0.25, 0.3) is 5.91 Å². The molecule has 1 saturated heterocycles. The molecule has 0 atom stereocenters. The van der Waals surface area contributed by atoms with E-state index in [1.165, 1.54) is 0 Å². The van der Waals surface area contributed by atoms with Crippen molar-refractivity contribution in [3.05, 3.63) is 59.7 Å². The van der Waals surface area contributed by atoms with Crippen molar-refractivity contribution >= 4 is 12.0 Å². The summed E-state index contributed by atoms with van der Waals surface area (Å²) >= 11 is 0. The SMILES string of the molecule is O=C(Oc1ccccc1)N1CCN(C(=O)c2ccc3c(c2)CCCO3)CC1. The van der Waals surface area contributed by atoms with E-state index in [1.54, 1.807) is 21.9 Å². The second kappa shape index (κ2) is 7.70. The van der Waals surface area contributed by atoms with Gasteiger partial charge in [-0.15, -0.1) is 0 Å². The Morgan fingerprint density at radius 3 is 2.44 bits per heavy atom. The van der Waals surface area contributed by atoms with E-state index in [9.17, 15) is 9.59 Å². The van der Waals surface area contributed by atoms with Gasteiger partial charge >= 0.3 is 6.09 Å². The highest BCUT2D eigenvalue weighted by Crippen LogP contribution is 2.26. The fraction of sp³-hybridized carbons (Fsp3) is 0.333. The number of piperazine rings is 1. The fourth-order valence-corrected chi connectivity index (χ4v) is 3.42. The molecule has 6 nitrogen and oxygen atoms in total. The lowest BCUT2D eigenvalue weighted by molar-refractivity contribution is 0.0633. The molecule has 2 amide bonds. The summed E-state index contributed by atoms with van der Waals surface area (Å²) < 4.78 is 11.0. The molecule has 2 aliphatic heterocycles. The Morgan fingerprint density at radius 1 is 0.926 bits per heavy atom. The molecule has 0 N–H and O–H groups in total. The van der Waals surface area contributed by atoms with Crippen LogP contribution in [0.1, 0.15) is 22.3 Å². The first-order chi connectivity index (χ1) is 13.2. The van der Waals surface area contributed by atoms with E-state index in [2.05, 4.69) is 0 Å². The largest absolute Gasteiger partial charge is 0.493 e. The Kier molecular flexibility index (Phi) is 4.96. The van der Waals surface area contributed by atoms with Gasteiger partial charge in [0.05, 0.1) is 6.61 Å². The monoisotopic (exact) mass is 366 g/mol. The summed E-state index contributed by atoms with van der Waals surface area (Å²) in [6.45, 7) is 2.66. The third kappa shape index (κ3) is 3.89. The molecule has 0 spiro atoms. The van der Waals surface area contributed by atoms with Gasteiger partial charge in [-0.2, -0.15) is 0 Å². The van der Waals surface area contributed by atoms with E-state index < -0.39 is 0 Å². The highest BCUT2D eigenvalue weighted by molar-refractivity contribution is 5.94. The van der Waals surface area contributed by atoms with Gasteiger partial charge in [-0.05, 0) is 48.7 Å². The maximum atomic E-state index is 12.8. The van der Waals surface area contributed by atoms with Crippen molar-refractivity contribution in [1.29, 1.82) is 0 Å². The van der Waals surface area contributed by atoms with Crippen molar-refractivity contribution < 1.29 is 19.1 Å². The fourth-order valence-electron chi connectivity index (χ4n) is 3.42. The number of carbonyl (C=O) groups is 2. The number of benzene rings is 2. The molecule has 0 bridgehead atoms. The summed E-state index contributed by atoms with van der Waals surface area (Å²) in [6, 6.07) is 14.7. The third-order valence-electron chi connectivity index (χ3n) is 4.93. The minimum atomic E-state index is -0.376. The number of fused-ring (bicyclic) bond motifs is 1. The summed E-state index contributed by atoms with van der Waals surface area (Å²) in [4.78, 5) is 28.5. The Bertz CT molecular complexity index is 829. The number of amides is 2. The lowest BCUT2D eigenvalue weighted by atomic mass is 10.0. The molecule has 2 aliphatic rings. The molecule has 0 saturated carbocycles. The number of nitrogens with zero attached hydrogens (tertiary/aromatic N) is 2. The van der Waals surface area contributed by atoms with E-state index in [1.807, 2.05) is 36.4 Å². The van der Waals surface area contributed by atoms with Crippen LogP contribution in [0.3, 0.4) is 0 Å². The zero-order chi connectivity index (χ0) is 18.6. The first-order valence-electron chi connectivity index (χ1n) is 9.27. The highest BCUT2D eigenvalue weighted by atomic mass is 16.6. The van der Waals surface area contributed by atoms with Crippen molar-refractivity contribution in [3.63, 3.8) is 0 Å². The van der Waals surface area contributed by atoms with Crippen LogP contribution in [-0.2, 0) is 6.42 Å². The van der Waals surface area contributed by atoms with Crippen molar-refractivity contribution in [2.24, 2.45) is 0 Å². The zero-order valence-electron chi connectivity index (χ0n) is 15.1. The van der Waals surface area contributed by atoms with Crippen LogP contribution in [0.2, 0.25) is 0 Å². The maximum Gasteiger partial charge on any atom is 0.415 e.